The Bertz CT molecular complexity index is 650. The highest BCUT2D eigenvalue weighted by Crippen LogP contribution is 2.27. The molecule has 0 atom stereocenters. The summed E-state index contributed by atoms with van der Waals surface area (Å²) in [5.74, 6) is 0.658. The zero-order chi connectivity index (χ0) is 13.3. The number of benzene rings is 1. The molecule has 4 nitrogen and oxygen atoms in total. The van der Waals surface area contributed by atoms with Crippen LogP contribution in [-0.4, -0.2) is 11.7 Å². The number of aromatic nitrogens is 1. The number of ether oxygens (including phenoxy) is 1. The summed E-state index contributed by atoms with van der Waals surface area (Å²) in [6.07, 6.45) is 1.58. The molecule has 0 bridgehead atoms. The molecule has 0 fully saturated rings. The Kier molecular flexibility index (Phi) is 3.30. The fraction of sp³-hybridized carbons (Fsp3) is 0.154. The van der Waals surface area contributed by atoms with E-state index >= 15 is 0 Å². The van der Waals surface area contributed by atoms with Crippen molar-refractivity contribution in [3.8, 4) is 11.4 Å². The molecule has 0 spiro atoms. The van der Waals surface area contributed by atoms with E-state index in [9.17, 15) is 4.79 Å². The zero-order valence-electron chi connectivity index (χ0n) is 10.1. The highest BCUT2D eigenvalue weighted by Gasteiger charge is 2.09. The summed E-state index contributed by atoms with van der Waals surface area (Å²) in [7, 11) is 1.58. The Morgan fingerprint density at radius 1 is 1.33 bits per heavy atom. The van der Waals surface area contributed by atoms with E-state index < -0.39 is 0 Å². The van der Waals surface area contributed by atoms with Crippen LogP contribution in [0.5, 0.6) is 5.75 Å². The number of halogens is 1. The number of pyridine rings is 1. The molecular formula is C13H13ClN2O2. The van der Waals surface area contributed by atoms with Crippen LogP contribution in [0.4, 0.5) is 5.69 Å². The second kappa shape index (κ2) is 4.74. The predicted molar refractivity (Wildman–Crippen MR) is 72.8 cm³/mol. The van der Waals surface area contributed by atoms with Crippen LogP contribution < -0.4 is 15.9 Å². The summed E-state index contributed by atoms with van der Waals surface area (Å²) < 4.78 is 7.06. The van der Waals surface area contributed by atoms with E-state index in [1.807, 2.05) is 6.92 Å². The number of nitrogens with two attached hydrogens (primary N) is 1. The van der Waals surface area contributed by atoms with Gasteiger partial charge in [0, 0.05) is 23.0 Å². The topological polar surface area (TPSA) is 57.2 Å². The molecule has 0 saturated heterocycles. The highest BCUT2D eigenvalue weighted by atomic mass is 35.5. The zero-order valence-corrected chi connectivity index (χ0v) is 10.9. The maximum absolute atomic E-state index is 11.4. The molecule has 0 saturated carbocycles. The van der Waals surface area contributed by atoms with Crippen LogP contribution in [0.1, 0.15) is 5.69 Å². The minimum Gasteiger partial charge on any atom is -0.495 e. The van der Waals surface area contributed by atoms with Gasteiger partial charge in [-0.2, -0.15) is 0 Å². The molecule has 0 aliphatic heterocycles. The largest absolute Gasteiger partial charge is 0.495 e. The SMILES string of the molecule is COc1ccc(Cl)cc1-n1cc(N)c(=O)cc1C. The number of nitrogen functional groups attached to an aromatic ring is 1. The minimum atomic E-state index is -0.190. The summed E-state index contributed by atoms with van der Waals surface area (Å²) >= 11 is 5.99. The van der Waals surface area contributed by atoms with E-state index in [2.05, 4.69) is 0 Å². The van der Waals surface area contributed by atoms with Gasteiger partial charge in [0.25, 0.3) is 0 Å². The quantitative estimate of drug-likeness (QED) is 0.906. The maximum Gasteiger partial charge on any atom is 0.204 e. The monoisotopic (exact) mass is 264 g/mol. The van der Waals surface area contributed by atoms with Crippen LogP contribution in [-0.2, 0) is 0 Å². The van der Waals surface area contributed by atoms with Crippen molar-refractivity contribution < 1.29 is 4.74 Å². The molecule has 1 aromatic carbocycles. The van der Waals surface area contributed by atoms with Gasteiger partial charge in [0.2, 0.25) is 5.43 Å². The van der Waals surface area contributed by atoms with Crippen molar-refractivity contribution in [2.75, 3.05) is 12.8 Å². The molecule has 1 aromatic heterocycles. The molecule has 5 heteroatoms. The van der Waals surface area contributed by atoms with Crippen molar-refractivity contribution in [1.82, 2.24) is 4.57 Å². The van der Waals surface area contributed by atoms with Crippen molar-refractivity contribution in [2.24, 2.45) is 0 Å². The Balaban J connectivity index is 2.72. The molecule has 2 N–H and O–H groups in total. The molecule has 1 heterocycles. The van der Waals surface area contributed by atoms with Crippen LogP contribution in [0.3, 0.4) is 0 Å². The molecule has 0 aliphatic rings. The van der Waals surface area contributed by atoms with Crippen LogP contribution in [0.15, 0.2) is 35.3 Å². The van der Waals surface area contributed by atoms with Gasteiger partial charge < -0.3 is 15.0 Å². The smallest absolute Gasteiger partial charge is 0.204 e. The van der Waals surface area contributed by atoms with E-state index in [-0.39, 0.29) is 11.1 Å². The molecular weight excluding hydrogens is 252 g/mol. The maximum atomic E-state index is 11.4. The highest BCUT2D eigenvalue weighted by molar-refractivity contribution is 6.30. The first-order chi connectivity index (χ1) is 8.52. The first-order valence-electron chi connectivity index (χ1n) is 5.35. The number of anilines is 1. The van der Waals surface area contributed by atoms with E-state index in [1.165, 1.54) is 6.07 Å². The third-order valence-electron chi connectivity index (χ3n) is 2.67. The molecule has 0 radical (unpaired) electrons. The van der Waals surface area contributed by atoms with Crippen molar-refractivity contribution in [1.29, 1.82) is 0 Å². The van der Waals surface area contributed by atoms with Gasteiger partial charge in [-0.1, -0.05) is 11.6 Å². The third kappa shape index (κ3) is 2.19. The predicted octanol–water partition coefficient (Wildman–Crippen LogP) is 2.39. The summed E-state index contributed by atoms with van der Waals surface area (Å²) in [6.45, 7) is 1.82. The lowest BCUT2D eigenvalue weighted by Crippen LogP contribution is -2.13. The standard InChI is InChI=1S/C13H13ClN2O2/c1-8-5-12(17)10(15)7-16(8)11-6-9(14)3-4-13(11)18-2/h3-7H,15H2,1-2H3. The van der Waals surface area contributed by atoms with Gasteiger partial charge in [-0.05, 0) is 25.1 Å². The number of methoxy groups -OCH3 is 1. The Hall–Kier alpha value is -1.94. The van der Waals surface area contributed by atoms with E-state index in [0.29, 0.717) is 10.8 Å². The lowest BCUT2D eigenvalue weighted by Gasteiger charge is -2.15. The van der Waals surface area contributed by atoms with Gasteiger partial charge in [-0.25, -0.2) is 0 Å². The van der Waals surface area contributed by atoms with E-state index in [1.54, 1.807) is 36.1 Å². The molecule has 94 valence electrons. The number of aryl methyl sites for hydroxylation is 1. The van der Waals surface area contributed by atoms with Crippen LogP contribution in [0, 0.1) is 6.92 Å². The summed E-state index contributed by atoms with van der Waals surface area (Å²) in [5, 5.41) is 0.586. The van der Waals surface area contributed by atoms with Crippen molar-refractivity contribution >= 4 is 17.3 Å². The van der Waals surface area contributed by atoms with Gasteiger partial charge in [0.1, 0.15) is 5.75 Å². The molecule has 0 unspecified atom stereocenters. The fourth-order valence-electron chi connectivity index (χ4n) is 1.76. The number of hydrogen-bond donors (Lipinski definition) is 1. The van der Waals surface area contributed by atoms with Gasteiger partial charge in [0.15, 0.2) is 0 Å². The molecule has 2 aromatic rings. The average molecular weight is 265 g/mol. The van der Waals surface area contributed by atoms with E-state index in [0.717, 1.165) is 11.4 Å². The number of hydrogen-bond acceptors (Lipinski definition) is 3. The lowest BCUT2D eigenvalue weighted by atomic mass is 10.2. The van der Waals surface area contributed by atoms with Crippen LogP contribution in [0.2, 0.25) is 5.02 Å². The van der Waals surface area contributed by atoms with Gasteiger partial charge in [0.05, 0.1) is 18.5 Å². The third-order valence-corrected chi connectivity index (χ3v) is 2.91. The fourth-order valence-corrected chi connectivity index (χ4v) is 1.92. The van der Waals surface area contributed by atoms with Gasteiger partial charge >= 0.3 is 0 Å². The molecule has 2 rings (SSSR count). The normalized spacial score (nSPS) is 10.4. The van der Waals surface area contributed by atoms with E-state index in [4.69, 9.17) is 22.1 Å². The number of rotatable bonds is 2. The van der Waals surface area contributed by atoms with Gasteiger partial charge in [-0.3, -0.25) is 4.79 Å². The van der Waals surface area contributed by atoms with Gasteiger partial charge in [-0.15, -0.1) is 0 Å². The molecule has 0 aliphatic carbocycles. The Morgan fingerprint density at radius 3 is 2.72 bits per heavy atom. The summed E-state index contributed by atoms with van der Waals surface area (Å²) in [4.78, 5) is 11.4. The van der Waals surface area contributed by atoms with Crippen LogP contribution >= 0.6 is 11.6 Å². The molecule has 18 heavy (non-hydrogen) atoms. The Morgan fingerprint density at radius 2 is 2.06 bits per heavy atom. The summed E-state index contributed by atoms with van der Waals surface area (Å²) in [5.41, 5.74) is 7.15. The first-order valence-corrected chi connectivity index (χ1v) is 5.73. The second-order valence-corrected chi connectivity index (χ2v) is 4.36. The Labute approximate surface area is 110 Å². The van der Waals surface area contributed by atoms with Crippen molar-refractivity contribution in [3.63, 3.8) is 0 Å². The lowest BCUT2D eigenvalue weighted by molar-refractivity contribution is 0.412. The minimum absolute atomic E-state index is 0.183. The second-order valence-electron chi connectivity index (χ2n) is 3.92. The average Bonchev–Trinajstić information content (AvgIpc) is 2.34. The van der Waals surface area contributed by atoms with Crippen molar-refractivity contribution in [2.45, 2.75) is 6.92 Å². The van der Waals surface area contributed by atoms with Crippen molar-refractivity contribution in [3.05, 3.63) is 51.4 Å². The first kappa shape index (κ1) is 12.5. The summed E-state index contributed by atoms with van der Waals surface area (Å²) in [6, 6.07) is 6.75. The molecule has 0 amide bonds. The number of nitrogens with zero attached hydrogens (tertiary/aromatic N) is 1. The van der Waals surface area contributed by atoms with Crippen LogP contribution in [0.25, 0.3) is 5.69 Å².